The SMILES string of the molecule is Cc1ccc(-n2nc(CC(=O)O)c(O)cc2=O)cc1Cl. The number of carbonyl (C=O) groups is 1. The van der Waals surface area contributed by atoms with Crippen LogP contribution in [0.3, 0.4) is 0 Å². The largest absolute Gasteiger partial charge is 0.506 e. The standard InChI is InChI=1S/C13H11ClN2O4/c1-7-2-3-8(4-9(7)14)16-12(18)6-11(17)10(15-16)5-13(19)20/h2-4,6,17H,5H2,1H3,(H,19,20). The Balaban J connectivity index is 2.58. The van der Waals surface area contributed by atoms with E-state index in [2.05, 4.69) is 5.10 Å². The molecule has 1 aromatic heterocycles. The molecule has 0 fully saturated rings. The molecule has 20 heavy (non-hydrogen) atoms. The molecule has 0 saturated carbocycles. The molecule has 1 aromatic carbocycles. The van der Waals surface area contributed by atoms with Gasteiger partial charge in [0.15, 0.2) is 0 Å². The minimum absolute atomic E-state index is 0.0891. The van der Waals surface area contributed by atoms with Gasteiger partial charge < -0.3 is 10.2 Å². The smallest absolute Gasteiger partial charge is 0.309 e. The van der Waals surface area contributed by atoms with E-state index < -0.39 is 23.7 Å². The zero-order chi connectivity index (χ0) is 14.9. The van der Waals surface area contributed by atoms with Crippen molar-refractivity contribution in [3.05, 3.63) is 50.9 Å². The van der Waals surface area contributed by atoms with Crippen molar-refractivity contribution >= 4 is 17.6 Å². The van der Waals surface area contributed by atoms with Crippen LogP contribution in [0.1, 0.15) is 11.3 Å². The number of aromatic hydroxyl groups is 1. The monoisotopic (exact) mass is 294 g/mol. The molecule has 0 aliphatic heterocycles. The third-order valence-electron chi connectivity index (χ3n) is 2.70. The maximum atomic E-state index is 11.8. The number of hydrogen-bond donors (Lipinski definition) is 2. The first kappa shape index (κ1) is 14.1. The van der Waals surface area contributed by atoms with Crippen LogP contribution in [0.2, 0.25) is 5.02 Å². The Hall–Kier alpha value is -2.34. The number of nitrogens with zero attached hydrogens (tertiary/aromatic N) is 2. The maximum absolute atomic E-state index is 11.8. The molecular formula is C13H11ClN2O4. The van der Waals surface area contributed by atoms with E-state index in [9.17, 15) is 14.7 Å². The number of carboxylic acids is 1. The summed E-state index contributed by atoms with van der Waals surface area (Å²) in [5.74, 6) is -1.59. The molecule has 0 aliphatic carbocycles. The lowest BCUT2D eigenvalue weighted by Crippen LogP contribution is -2.22. The van der Waals surface area contributed by atoms with Gasteiger partial charge in [0.2, 0.25) is 0 Å². The fourth-order valence-electron chi connectivity index (χ4n) is 1.65. The summed E-state index contributed by atoms with van der Waals surface area (Å²) in [6.07, 6.45) is -0.480. The van der Waals surface area contributed by atoms with Crippen molar-refractivity contribution in [2.24, 2.45) is 0 Å². The molecule has 6 nitrogen and oxygen atoms in total. The van der Waals surface area contributed by atoms with Crippen molar-refractivity contribution in [2.75, 3.05) is 0 Å². The van der Waals surface area contributed by atoms with Gasteiger partial charge in [-0.1, -0.05) is 17.7 Å². The topological polar surface area (TPSA) is 92.4 Å². The average Bonchev–Trinajstić information content (AvgIpc) is 2.36. The summed E-state index contributed by atoms with van der Waals surface area (Å²) in [6.45, 7) is 1.81. The van der Waals surface area contributed by atoms with Gasteiger partial charge in [0.25, 0.3) is 5.56 Å². The van der Waals surface area contributed by atoms with Crippen LogP contribution in [0, 0.1) is 6.92 Å². The minimum atomic E-state index is -1.15. The highest BCUT2D eigenvalue weighted by Gasteiger charge is 2.13. The van der Waals surface area contributed by atoms with E-state index in [0.717, 1.165) is 16.3 Å². The molecule has 0 saturated heterocycles. The van der Waals surface area contributed by atoms with Crippen LogP contribution in [0.25, 0.3) is 5.69 Å². The van der Waals surface area contributed by atoms with E-state index in [0.29, 0.717) is 10.7 Å². The third kappa shape index (κ3) is 2.80. The van der Waals surface area contributed by atoms with Crippen LogP contribution >= 0.6 is 11.6 Å². The molecule has 0 radical (unpaired) electrons. The van der Waals surface area contributed by atoms with Gasteiger partial charge in [-0.2, -0.15) is 9.78 Å². The number of carboxylic acid groups (broad SMARTS) is 1. The molecule has 0 spiro atoms. The third-order valence-corrected chi connectivity index (χ3v) is 3.11. The Labute approximate surface area is 118 Å². The number of hydrogen-bond acceptors (Lipinski definition) is 4. The van der Waals surface area contributed by atoms with Gasteiger partial charge in [0, 0.05) is 11.1 Å². The van der Waals surface area contributed by atoms with E-state index in [1.165, 1.54) is 0 Å². The molecule has 2 aromatic rings. The van der Waals surface area contributed by atoms with E-state index in [4.69, 9.17) is 16.7 Å². The Kier molecular flexibility index (Phi) is 3.76. The van der Waals surface area contributed by atoms with Gasteiger partial charge in [-0.05, 0) is 24.6 Å². The van der Waals surface area contributed by atoms with Gasteiger partial charge in [-0.3, -0.25) is 9.59 Å². The number of aryl methyl sites for hydroxylation is 1. The lowest BCUT2D eigenvalue weighted by atomic mass is 10.2. The van der Waals surface area contributed by atoms with Gasteiger partial charge in [-0.25, -0.2) is 0 Å². The number of halogens is 1. The first-order chi connectivity index (χ1) is 9.38. The highest BCUT2D eigenvalue weighted by Crippen LogP contribution is 2.19. The van der Waals surface area contributed by atoms with Crippen LogP contribution in [0.5, 0.6) is 5.75 Å². The summed E-state index contributed by atoms with van der Waals surface area (Å²) in [6, 6.07) is 5.83. The highest BCUT2D eigenvalue weighted by molar-refractivity contribution is 6.31. The Morgan fingerprint density at radius 1 is 1.40 bits per heavy atom. The van der Waals surface area contributed by atoms with E-state index in [-0.39, 0.29) is 5.69 Å². The molecular weight excluding hydrogens is 284 g/mol. The molecule has 0 amide bonds. The van der Waals surface area contributed by atoms with Crippen LogP contribution < -0.4 is 5.56 Å². The second-order valence-electron chi connectivity index (χ2n) is 4.23. The van der Waals surface area contributed by atoms with E-state index >= 15 is 0 Å². The zero-order valence-electron chi connectivity index (χ0n) is 10.5. The van der Waals surface area contributed by atoms with Crippen LogP contribution in [-0.4, -0.2) is 26.0 Å². The number of rotatable bonds is 3. The Morgan fingerprint density at radius 3 is 2.70 bits per heavy atom. The highest BCUT2D eigenvalue weighted by atomic mass is 35.5. The fourth-order valence-corrected chi connectivity index (χ4v) is 1.83. The molecule has 7 heteroatoms. The zero-order valence-corrected chi connectivity index (χ0v) is 11.3. The number of aromatic nitrogens is 2. The van der Waals surface area contributed by atoms with Gasteiger partial charge in [0.1, 0.15) is 11.4 Å². The van der Waals surface area contributed by atoms with Crippen molar-refractivity contribution in [3.63, 3.8) is 0 Å². The molecule has 0 atom stereocenters. The van der Waals surface area contributed by atoms with Crippen LogP contribution in [0.15, 0.2) is 29.1 Å². The summed E-state index contributed by atoms with van der Waals surface area (Å²) < 4.78 is 1.00. The molecule has 0 aliphatic rings. The summed E-state index contributed by atoms with van der Waals surface area (Å²) in [5.41, 5.74) is 0.579. The Bertz CT molecular complexity index is 740. The molecule has 1 heterocycles. The van der Waals surface area contributed by atoms with Gasteiger partial charge in [0.05, 0.1) is 12.1 Å². The van der Waals surface area contributed by atoms with Crippen molar-refractivity contribution in [3.8, 4) is 11.4 Å². The first-order valence-electron chi connectivity index (χ1n) is 5.69. The van der Waals surface area contributed by atoms with Crippen LogP contribution in [-0.2, 0) is 11.2 Å². The molecule has 104 valence electrons. The molecule has 2 N–H and O–H groups in total. The lowest BCUT2D eigenvalue weighted by molar-refractivity contribution is -0.136. The van der Waals surface area contributed by atoms with Gasteiger partial charge in [-0.15, -0.1) is 0 Å². The van der Waals surface area contributed by atoms with Crippen molar-refractivity contribution in [2.45, 2.75) is 13.3 Å². The first-order valence-corrected chi connectivity index (χ1v) is 6.07. The predicted molar refractivity (Wildman–Crippen MR) is 72.6 cm³/mol. The van der Waals surface area contributed by atoms with Crippen LogP contribution in [0.4, 0.5) is 0 Å². The average molecular weight is 295 g/mol. The second kappa shape index (κ2) is 5.34. The summed E-state index contributed by atoms with van der Waals surface area (Å²) in [7, 11) is 0. The van der Waals surface area contributed by atoms with Crippen molar-refractivity contribution < 1.29 is 15.0 Å². The van der Waals surface area contributed by atoms with E-state index in [1.54, 1.807) is 18.2 Å². The Morgan fingerprint density at radius 2 is 2.10 bits per heavy atom. The minimum Gasteiger partial charge on any atom is -0.506 e. The predicted octanol–water partition coefficient (Wildman–Crippen LogP) is 1.53. The van der Waals surface area contributed by atoms with Gasteiger partial charge >= 0.3 is 5.97 Å². The van der Waals surface area contributed by atoms with Crippen molar-refractivity contribution in [1.29, 1.82) is 0 Å². The fraction of sp³-hybridized carbons (Fsp3) is 0.154. The second-order valence-corrected chi connectivity index (χ2v) is 4.64. The van der Waals surface area contributed by atoms with E-state index in [1.807, 2.05) is 6.92 Å². The molecule has 0 bridgehead atoms. The molecule has 0 unspecified atom stereocenters. The molecule has 2 rings (SSSR count). The quantitative estimate of drug-likeness (QED) is 0.895. The summed E-state index contributed by atoms with van der Waals surface area (Å²) in [4.78, 5) is 22.5. The summed E-state index contributed by atoms with van der Waals surface area (Å²) >= 11 is 5.98. The van der Waals surface area contributed by atoms with Crippen molar-refractivity contribution in [1.82, 2.24) is 9.78 Å². The number of benzene rings is 1. The maximum Gasteiger partial charge on any atom is 0.309 e. The lowest BCUT2D eigenvalue weighted by Gasteiger charge is -2.08. The number of aliphatic carboxylic acids is 1. The normalized spacial score (nSPS) is 10.5. The summed E-state index contributed by atoms with van der Waals surface area (Å²) in [5, 5.41) is 22.6.